The number of H-pyrrole nitrogens is 1. The Morgan fingerprint density at radius 1 is 1.32 bits per heavy atom. The highest BCUT2D eigenvalue weighted by Gasteiger charge is 2.32. The lowest BCUT2D eigenvalue weighted by Crippen LogP contribution is -2.26. The van der Waals surface area contributed by atoms with Crippen molar-refractivity contribution in [2.75, 3.05) is 23.5 Å². The number of aromatic amines is 1. The van der Waals surface area contributed by atoms with E-state index in [4.69, 9.17) is 9.98 Å². The fourth-order valence-electron chi connectivity index (χ4n) is 4.55. The molecule has 1 saturated carbocycles. The summed E-state index contributed by atoms with van der Waals surface area (Å²) < 4.78 is 15.2. The van der Waals surface area contributed by atoms with E-state index < -0.39 is 0 Å². The van der Waals surface area contributed by atoms with Crippen molar-refractivity contribution in [1.29, 1.82) is 0 Å². The number of anilines is 2. The number of unbranched alkanes of at least 4 members (excludes halogenated alkanes) is 1. The number of thioether (sulfide) groups is 1. The zero-order chi connectivity index (χ0) is 30.3. The van der Waals surface area contributed by atoms with Crippen molar-refractivity contribution in [2.24, 2.45) is 21.8 Å². The Morgan fingerprint density at radius 2 is 2.02 bits per heavy atom. The number of nitrogens with zero attached hydrogens (tertiary/aromatic N) is 4. The van der Waals surface area contributed by atoms with Crippen molar-refractivity contribution >= 4 is 49.4 Å². The molecule has 1 unspecified atom stereocenters. The van der Waals surface area contributed by atoms with Crippen molar-refractivity contribution < 1.29 is 4.39 Å². The van der Waals surface area contributed by atoms with Gasteiger partial charge in [0.2, 0.25) is 0 Å². The molecule has 1 aliphatic carbocycles. The van der Waals surface area contributed by atoms with Crippen molar-refractivity contribution in [2.45, 2.75) is 78.5 Å². The van der Waals surface area contributed by atoms with E-state index in [1.165, 1.54) is 17.5 Å². The molecule has 1 aliphatic rings. The summed E-state index contributed by atoms with van der Waals surface area (Å²) in [5, 5.41) is 11.8. The molecule has 0 aliphatic heterocycles. The maximum atomic E-state index is 15.2. The van der Waals surface area contributed by atoms with Crippen LogP contribution in [-0.4, -0.2) is 35.0 Å². The Kier molecular flexibility index (Phi) is 12.0. The third-order valence-electron chi connectivity index (χ3n) is 7.24. The van der Waals surface area contributed by atoms with Crippen molar-refractivity contribution in [3.8, 4) is 0 Å². The summed E-state index contributed by atoms with van der Waals surface area (Å²) >= 11 is 1.52. The largest absolute Gasteiger partial charge is 0.331 e. The van der Waals surface area contributed by atoms with Gasteiger partial charge >= 0.3 is 0 Å². The lowest BCUT2D eigenvalue weighted by molar-refractivity contribution is 0.625. The van der Waals surface area contributed by atoms with Gasteiger partial charge in [-0.3, -0.25) is 10.1 Å². The molecule has 0 radical (unpaired) electrons. The standard InChI is InChI=1S/C32H46FN6PS/c1-10-12-13-26(19(3)4)35-25(11-2)21(6)31(23-14-15-23)32(36-30-16-20(5)37-38-30)34-22(7)39(8)27-18-28(40)29(41-9)17-24(27)33/h11,16-19,23H,6,10,12-15,40H2,1-5,7-9H3,(H2,36,37,38)/b25-11-,32-31-,34-22+,35-26?. The molecule has 1 atom stereocenters. The Hall–Kier alpha value is -2.70. The minimum atomic E-state index is -0.287. The van der Waals surface area contributed by atoms with Crippen LogP contribution in [0.2, 0.25) is 0 Å². The van der Waals surface area contributed by atoms with E-state index in [-0.39, 0.29) is 5.82 Å². The molecule has 1 fully saturated rings. The van der Waals surface area contributed by atoms with E-state index >= 15 is 4.39 Å². The molecule has 222 valence electrons. The first-order valence-corrected chi connectivity index (χ1v) is 16.2. The first kappa shape index (κ1) is 32.8. The molecule has 0 bridgehead atoms. The number of rotatable bonds is 13. The molecule has 1 aromatic carbocycles. The Balaban J connectivity index is 2.13. The summed E-state index contributed by atoms with van der Waals surface area (Å²) in [6.07, 6.45) is 9.31. The first-order chi connectivity index (χ1) is 19.5. The minimum absolute atomic E-state index is 0.287. The molecule has 1 aromatic heterocycles. The quantitative estimate of drug-likeness (QED) is 0.0801. The number of hydrogen-bond acceptors (Lipinski definition) is 5. The van der Waals surface area contributed by atoms with Crippen LogP contribution in [0.15, 0.2) is 68.4 Å². The zero-order valence-corrected chi connectivity index (χ0v) is 27.8. The number of hydrogen-bond donors (Lipinski definition) is 2. The van der Waals surface area contributed by atoms with Crippen LogP contribution < -0.4 is 15.5 Å². The number of aryl methyl sites for hydroxylation is 1. The van der Waals surface area contributed by atoms with Crippen LogP contribution in [0.4, 0.5) is 15.9 Å². The average molecular weight is 597 g/mol. The van der Waals surface area contributed by atoms with Gasteiger partial charge < -0.3 is 10.2 Å². The highest BCUT2D eigenvalue weighted by Crippen LogP contribution is 2.44. The molecular formula is C32H46FN6PS. The summed E-state index contributed by atoms with van der Waals surface area (Å²) in [5.74, 6) is 2.35. The van der Waals surface area contributed by atoms with Crippen LogP contribution >= 0.6 is 21.0 Å². The Morgan fingerprint density at radius 3 is 2.56 bits per heavy atom. The van der Waals surface area contributed by atoms with Crippen LogP contribution in [-0.2, 0) is 0 Å². The van der Waals surface area contributed by atoms with E-state index in [1.54, 1.807) is 11.0 Å². The fraction of sp³-hybridized carbons (Fsp3) is 0.469. The molecule has 6 nitrogen and oxygen atoms in total. The van der Waals surface area contributed by atoms with Gasteiger partial charge in [0.15, 0.2) is 5.82 Å². The zero-order valence-electron chi connectivity index (χ0n) is 25.9. The summed E-state index contributed by atoms with van der Waals surface area (Å²) in [7, 11) is 4.54. The van der Waals surface area contributed by atoms with Crippen LogP contribution in [0, 0.1) is 24.6 Å². The second-order valence-corrected chi connectivity index (χ2v) is 12.3. The smallest absolute Gasteiger partial charge is 0.153 e. The summed E-state index contributed by atoms with van der Waals surface area (Å²) in [6.45, 7) is 17.0. The maximum Gasteiger partial charge on any atom is 0.153 e. The Labute approximate surface area is 252 Å². The third kappa shape index (κ3) is 8.65. The number of aliphatic imine (C=N–C) groups is 2. The number of amidine groups is 1. The summed E-state index contributed by atoms with van der Waals surface area (Å²) in [5.41, 5.74) is 5.35. The number of benzene rings is 1. The summed E-state index contributed by atoms with van der Waals surface area (Å²) in [6, 6.07) is 5.36. The maximum absolute atomic E-state index is 15.2. The van der Waals surface area contributed by atoms with E-state index in [9.17, 15) is 0 Å². The second kappa shape index (κ2) is 15.0. The Bertz CT molecular complexity index is 1370. The normalized spacial score (nSPS) is 15.3. The summed E-state index contributed by atoms with van der Waals surface area (Å²) in [4.78, 5) is 12.9. The van der Waals surface area contributed by atoms with Crippen LogP contribution in [0.3, 0.4) is 0 Å². The molecule has 2 aromatic rings. The first-order valence-electron chi connectivity index (χ1n) is 14.4. The predicted octanol–water partition coefficient (Wildman–Crippen LogP) is 8.42. The number of halogens is 1. The number of allylic oxidation sites excluding steroid dienone is 2. The van der Waals surface area contributed by atoms with Gasteiger partial charge in [-0.15, -0.1) is 21.0 Å². The molecule has 2 N–H and O–H groups in total. The molecule has 0 saturated heterocycles. The number of nitrogens with one attached hydrogen (secondary N) is 2. The van der Waals surface area contributed by atoms with Crippen molar-refractivity contribution in [1.82, 2.24) is 10.2 Å². The van der Waals surface area contributed by atoms with E-state index in [0.717, 1.165) is 64.8 Å². The highest BCUT2D eigenvalue weighted by molar-refractivity contribution is 7.99. The van der Waals surface area contributed by atoms with Gasteiger partial charge in [-0.1, -0.05) is 39.8 Å². The molecular weight excluding hydrogens is 550 g/mol. The fourth-order valence-corrected chi connectivity index (χ4v) is 5.66. The van der Waals surface area contributed by atoms with E-state index in [2.05, 4.69) is 52.1 Å². The van der Waals surface area contributed by atoms with Crippen molar-refractivity contribution in [3.05, 3.63) is 65.0 Å². The molecule has 3 rings (SSSR count). The van der Waals surface area contributed by atoms with Crippen LogP contribution in [0.25, 0.3) is 0 Å². The van der Waals surface area contributed by atoms with Gasteiger partial charge in [-0.05, 0) is 87.6 Å². The highest BCUT2D eigenvalue weighted by atomic mass is 32.2. The third-order valence-corrected chi connectivity index (χ3v) is 8.72. The predicted molar refractivity (Wildman–Crippen MR) is 180 cm³/mol. The van der Waals surface area contributed by atoms with Gasteiger partial charge in [0.1, 0.15) is 17.5 Å². The van der Waals surface area contributed by atoms with Gasteiger partial charge in [0.25, 0.3) is 0 Å². The second-order valence-electron chi connectivity index (χ2n) is 10.9. The molecule has 0 amide bonds. The van der Waals surface area contributed by atoms with Gasteiger partial charge in [0.05, 0.1) is 11.4 Å². The number of aromatic nitrogens is 2. The van der Waals surface area contributed by atoms with Gasteiger partial charge in [0, 0.05) is 35.0 Å². The van der Waals surface area contributed by atoms with Crippen LogP contribution in [0.1, 0.15) is 72.4 Å². The topological polar surface area (TPSA) is 68.7 Å². The molecule has 9 heteroatoms. The average Bonchev–Trinajstić information content (AvgIpc) is 3.68. The van der Waals surface area contributed by atoms with Crippen molar-refractivity contribution in [3.63, 3.8) is 0 Å². The van der Waals surface area contributed by atoms with Gasteiger partial charge in [-0.25, -0.2) is 9.38 Å². The SMILES string of the molecule is C=C(/C(=C/C)N=C(CCCC)C(C)C)/C(=C(\N=C(/C)N(C)c1cc(P)c(SC)cc1F)Nc1cc(C)[nH]n1)C1CC1. The molecule has 1 heterocycles. The van der Waals surface area contributed by atoms with E-state index in [0.29, 0.717) is 35.0 Å². The monoisotopic (exact) mass is 596 g/mol. The van der Waals surface area contributed by atoms with Gasteiger partial charge in [-0.2, -0.15) is 5.10 Å². The molecule has 0 spiro atoms. The lowest BCUT2D eigenvalue weighted by atomic mass is 9.98. The minimum Gasteiger partial charge on any atom is -0.331 e. The van der Waals surface area contributed by atoms with Crippen LogP contribution in [0.5, 0.6) is 0 Å². The lowest BCUT2D eigenvalue weighted by Gasteiger charge is -2.23. The van der Waals surface area contributed by atoms with E-state index in [1.807, 2.05) is 52.3 Å². The molecule has 41 heavy (non-hydrogen) atoms.